The van der Waals surface area contributed by atoms with Gasteiger partial charge in [-0.25, -0.2) is 4.79 Å². The molecule has 0 aromatic carbocycles. The molecule has 162 valence electrons. The summed E-state index contributed by atoms with van der Waals surface area (Å²) in [5.41, 5.74) is -7.73. The molecule has 4 saturated heterocycles. The number of ether oxygens (including phenoxy) is 4. The second-order valence-corrected chi connectivity index (χ2v) is 11.1. The fraction of sp³-hybridized carbons (Fsp3) is 0.850. The molecular weight excluding hydrogens is 400 g/mol. The Hall–Kier alpha value is -1.59. The smallest absolute Gasteiger partial charge is 0.338 e. The van der Waals surface area contributed by atoms with E-state index in [1.807, 2.05) is 20.8 Å². The molecule has 0 amide bonds. The van der Waals surface area contributed by atoms with Gasteiger partial charge >= 0.3 is 11.9 Å². The van der Waals surface area contributed by atoms with E-state index in [-0.39, 0.29) is 0 Å². The molecule has 4 aliphatic heterocycles. The Morgan fingerprint density at radius 2 is 1.67 bits per heavy atom. The summed E-state index contributed by atoms with van der Waals surface area (Å²) in [7, 11) is 0. The van der Waals surface area contributed by atoms with Crippen LogP contribution in [0.2, 0.25) is 0 Å². The van der Waals surface area contributed by atoms with E-state index in [4.69, 9.17) is 18.9 Å². The van der Waals surface area contributed by atoms with Crippen molar-refractivity contribution in [1.29, 1.82) is 0 Å². The normalized spacial score (nSPS) is 66.0. The van der Waals surface area contributed by atoms with Crippen molar-refractivity contribution >= 4 is 17.7 Å². The molecule has 0 aromatic heterocycles. The number of aliphatic hydroxyl groups is 3. The number of hydrogen-bond acceptors (Lipinski definition) is 10. The number of esters is 2. The Labute approximate surface area is 170 Å². The Balaban J connectivity index is 1.59. The van der Waals surface area contributed by atoms with Gasteiger partial charge < -0.3 is 34.3 Å². The van der Waals surface area contributed by atoms with E-state index < -0.39 is 93.3 Å². The van der Waals surface area contributed by atoms with Crippen LogP contribution in [-0.4, -0.2) is 75.1 Å². The number of carbonyl (C=O) groups is 3. The maximum absolute atomic E-state index is 13.6. The van der Waals surface area contributed by atoms with Crippen LogP contribution in [0.1, 0.15) is 27.7 Å². The van der Waals surface area contributed by atoms with Crippen molar-refractivity contribution in [1.82, 2.24) is 0 Å². The monoisotopic (exact) mass is 422 g/mol. The van der Waals surface area contributed by atoms with Crippen LogP contribution in [0.5, 0.6) is 0 Å². The molecule has 3 N–H and O–H groups in total. The highest BCUT2D eigenvalue weighted by atomic mass is 16.8. The van der Waals surface area contributed by atoms with Gasteiger partial charge in [0.2, 0.25) is 12.1 Å². The van der Waals surface area contributed by atoms with Crippen molar-refractivity contribution in [3.63, 3.8) is 0 Å². The second kappa shape index (κ2) is 4.09. The summed E-state index contributed by atoms with van der Waals surface area (Å²) < 4.78 is 23.1. The van der Waals surface area contributed by atoms with Crippen LogP contribution in [0.15, 0.2) is 0 Å². The molecule has 30 heavy (non-hydrogen) atoms. The SMILES string of the molecule is CC(C)(C)[C@@H]1[C@@H](O)[C@H]2O[C@]34O[C@@H]5OC(=O)[C@H](O)[C@]51[C@]23C1C(=O)[C@@]2(C)C(=O)O[C@@H]1[C@]24O. The summed E-state index contributed by atoms with van der Waals surface area (Å²) in [5.74, 6) is -6.07. The molecule has 4 heterocycles. The predicted molar refractivity (Wildman–Crippen MR) is 89.8 cm³/mol. The van der Waals surface area contributed by atoms with Gasteiger partial charge in [0.25, 0.3) is 0 Å². The van der Waals surface area contributed by atoms with Gasteiger partial charge in [-0.1, -0.05) is 20.8 Å². The number of hydrogen-bond donors (Lipinski definition) is 3. The average Bonchev–Trinajstić information content (AvgIpc) is 3.20. The Morgan fingerprint density at radius 1 is 1.00 bits per heavy atom. The lowest BCUT2D eigenvalue weighted by molar-refractivity contribution is -0.460. The molecule has 2 spiro atoms. The minimum Gasteiger partial charge on any atom is -0.457 e. The van der Waals surface area contributed by atoms with Gasteiger partial charge in [0.15, 0.2) is 22.9 Å². The van der Waals surface area contributed by atoms with Crippen LogP contribution in [0.25, 0.3) is 0 Å². The fourth-order valence-electron chi connectivity index (χ4n) is 8.95. The predicted octanol–water partition coefficient (Wildman–Crippen LogP) is -1.76. The largest absolute Gasteiger partial charge is 0.457 e. The molecule has 12 atom stereocenters. The van der Waals surface area contributed by atoms with Crippen molar-refractivity contribution in [2.45, 2.75) is 69.8 Å². The summed E-state index contributed by atoms with van der Waals surface area (Å²) in [4.78, 5) is 38.7. The van der Waals surface area contributed by atoms with Crippen molar-refractivity contribution in [3.05, 3.63) is 0 Å². The third kappa shape index (κ3) is 1.07. The number of rotatable bonds is 0. The standard InChI is InChI=1S/C20H22O10/c1-15(2,3)7-6(21)11-18-5-8(22)16(4)13(25)27-10(5)19(16,26)20(18,29-11)30-14-17(7,18)9(23)12(24)28-14/h5-7,9-11,14,21,23,26H,1-4H3/t5?,6-,7+,9+,10+,11-,14+,16+,17+,18+,19+,20+/m1/s1. The summed E-state index contributed by atoms with van der Waals surface area (Å²) in [6, 6.07) is 0. The van der Waals surface area contributed by atoms with Gasteiger partial charge in [-0.15, -0.1) is 0 Å². The fourth-order valence-corrected chi connectivity index (χ4v) is 8.95. The minimum absolute atomic E-state index is 0.535. The summed E-state index contributed by atoms with van der Waals surface area (Å²) in [6.07, 6.45) is -6.45. The van der Waals surface area contributed by atoms with Crippen LogP contribution >= 0.6 is 0 Å². The lowest BCUT2D eigenvalue weighted by atomic mass is 9.45. The second-order valence-electron chi connectivity index (χ2n) is 11.1. The van der Waals surface area contributed by atoms with E-state index in [1.54, 1.807) is 0 Å². The first-order valence-corrected chi connectivity index (χ1v) is 10.2. The van der Waals surface area contributed by atoms with E-state index in [0.717, 1.165) is 0 Å². The highest BCUT2D eigenvalue weighted by molar-refractivity contribution is 6.14. The summed E-state index contributed by atoms with van der Waals surface area (Å²) >= 11 is 0. The molecule has 7 rings (SSSR count). The van der Waals surface area contributed by atoms with Gasteiger partial charge in [-0.2, -0.15) is 0 Å². The molecule has 10 heteroatoms. The van der Waals surface area contributed by atoms with Gasteiger partial charge in [0.1, 0.15) is 6.10 Å². The van der Waals surface area contributed by atoms with Crippen LogP contribution in [0.4, 0.5) is 0 Å². The Morgan fingerprint density at radius 3 is 2.30 bits per heavy atom. The zero-order chi connectivity index (χ0) is 21.6. The molecule has 1 unspecified atom stereocenters. The van der Waals surface area contributed by atoms with Gasteiger partial charge in [0, 0.05) is 5.92 Å². The molecule has 10 nitrogen and oxygen atoms in total. The third-order valence-electron chi connectivity index (χ3n) is 9.55. The Bertz CT molecular complexity index is 1000. The number of ketones is 1. The molecule has 0 radical (unpaired) electrons. The number of aliphatic hydroxyl groups excluding tert-OH is 2. The van der Waals surface area contributed by atoms with Crippen LogP contribution < -0.4 is 0 Å². The van der Waals surface area contributed by atoms with Crippen molar-refractivity contribution < 1.29 is 48.7 Å². The zero-order valence-electron chi connectivity index (χ0n) is 16.7. The summed E-state index contributed by atoms with van der Waals surface area (Å²) in [5, 5.41) is 34.5. The van der Waals surface area contributed by atoms with Crippen molar-refractivity contribution in [3.8, 4) is 0 Å². The van der Waals surface area contributed by atoms with E-state index >= 15 is 0 Å². The van der Waals surface area contributed by atoms with Gasteiger partial charge in [0.05, 0.1) is 29.0 Å². The van der Waals surface area contributed by atoms with Gasteiger partial charge in [-0.3, -0.25) is 9.59 Å². The molecule has 7 fully saturated rings. The lowest BCUT2D eigenvalue weighted by Gasteiger charge is -2.64. The van der Waals surface area contributed by atoms with Crippen LogP contribution in [0, 0.1) is 33.5 Å². The van der Waals surface area contributed by atoms with Crippen LogP contribution in [0.3, 0.4) is 0 Å². The lowest BCUT2D eigenvalue weighted by Crippen LogP contribution is -2.83. The number of carbonyl (C=O) groups excluding carboxylic acids is 3. The zero-order valence-corrected chi connectivity index (χ0v) is 16.7. The third-order valence-corrected chi connectivity index (χ3v) is 9.55. The Kier molecular flexibility index (Phi) is 2.45. The minimum atomic E-state index is -2.16. The molecular formula is C20H22O10. The molecule has 0 aromatic rings. The molecule has 7 aliphatic rings. The maximum Gasteiger partial charge on any atom is 0.338 e. The number of Topliss-reactive ketones (excluding diaryl/α,β-unsaturated/α-hetero) is 1. The first-order chi connectivity index (χ1) is 13.8. The van der Waals surface area contributed by atoms with Gasteiger partial charge in [-0.05, 0) is 12.3 Å². The summed E-state index contributed by atoms with van der Waals surface area (Å²) in [6.45, 7) is 6.86. The maximum atomic E-state index is 13.6. The van der Waals surface area contributed by atoms with E-state index in [9.17, 15) is 29.7 Å². The first-order valence-electron chi connectivity index (χ1n) is 10.2. The quantitative estimate of drug-likeness (QED) is 0.303. The van der Waals surface area contributed by atoms with Crippen molar-refractivity contribution in [2.24, 2.45) is 33.5 Å². The topological polar surface area (TPSA) is 149 Å². The van der Waals surface area contributed by atoms with E-state index in [1.165, 1.54) is 6.92 Å². The van der Waals surface area contributed by atoms with Crippen LogP contribution in [-0.2, 0) is 33.3 Å². The van der Waals surface area contributed by atoms with E-state index in [0.29, 0.717) is 0 Å². The highest BCUT2D eigenvalue weighted by Gasteiger charge is 3.11. The van der Waals surface area contributed by atoms with E-state index in [2.05, 4.69) is 0 Å². The van der Waals surface area contributed by atoms with Crippen molar-refractivity contribution in [2.75, 3.05) is 0 Å². The molecule has 3 aliphatic carbocycles. The first kappa shape index (κ1) is 18.0. The highest BCUT2D eigenvalue weighted by Crippen LogP contribution is 2.92. The molecule has 3 saturated carbocycles. The molecule has 4 bridgehead atoms. The average molecular weight is 422 g/mol.